The fourth-order valence-corrected chi connectivity index (χ4v) is 2.46. The molecule has 0 atom stereocenters. The zero-order valence-electron chi connectivity index (χ0n) is 10.9. The van der Waals surface area contributed by atoms with Gasteiger partial charge in [-0.2, -0.15) is 0 Å². The van der Waals surface area contributed by atoms with Crippen LogP contribution in [0.25, 0.3) is 21.5 Å². The maximum absolute atomic E-state index is 11.2. The van der Waals surface area contributed by atoms with Gasteiger partial charge >= 0.3 is 5.97 Å². The SMILES string of the molecule is CC(=O)Oc1cc(C)cc2c1ccc1ccccc12. The second kappa shape index (κ2) is 4.39. The molecule has 94 valence electrons. The van der Waals surface area contributed by atoms with Crippen LogP contribution in [-0.4, -0.2) is 5.97 Å². The molecule has 0 spiro atoms. The molecule has 0 bridgehead atoms. The first-order chi connectivity index (χ1) is 9.15. The third-order valence-electron chi connectivity index (χ3n) is 3.22. The fourth-order valence-electron chi connectivity index (χ4n) is 2.46. The average Bonchev–Trinajstić information content (AvgIpc) is 2.37. The lowest BCUT2D eigenvalue weighted by atomic mass is 9.99. The highest BCUT2D eigenvalue weighted by molar-refractivity contribution is 6.09. The Labute approximate surface area is 111 Å². The summed E-state index contributed by atoms with van der Waals surface area (Å²) < 4.78 is 5.32. The summed E-state index contributed by atoms with van der Waals surface area (Å²) in [4.78, 5) is 11.2. The molecule has 0 unspecified atom stereocenters. The number of carbonyl (C=O) groups is 1. The summed E-state index contributed by atoms with van der Waals surface area (Å²) in [6.45, 7) is 3.43. The van der Waals surface area contributed by atoms with Crippen molar-refractivity contribution in [2.45, 2.75) is 13.8 Å². The molecule has 0 amide bonds. The van der Waals surface area contributed by atoms with Gasteiger partial charge in [0, 0.05) is 12.3 Å². The van der Waals surface area contributed by atoms with Gasteiger partial charge in [0.05, 0.1) is 0 Å². The molecule has 0 aliphatic rings. The predicted octanol–water partition coefficient (Wildman–Crippen LogP) is 4.23. The van der Waals surface area contributed by atoms with Crippen molar-refractivity contribution >= 4 is 27.5 Å². The van der Waals surface area contributed by atoms with Crippen molar-refractivity contribution in [3.05, 3.63) is 54.1 Å². The Bertz CT molecular complexity index is 788. The van der Waals surface area contributed by atoms with Crippen LogP contribution in [0.3, 0.4) is 0 Å². The van der Waals surface area contributed by atoms with Gasteiger partial charge in [-0.05, 0) is 40.8 Å². The van der Waals surface area contributed by atoms with Gasteiger partial charge in [-0.3, -0.25) is 4.79 Å². The van der Waals surface area contributed by atoms with Gasteiger partial charge in [0.25, 0.3) is 0 Å². The van der Waals surface area contributed by atoms with E-state index in [9.17, 15) is 4.79 Å². The van der Waals surface area contributed by atoms with E-state index >= 15 is 0 Å². The summed E-state index contributed by atoms with van der Waals surface area (Å²) in [6, 6.07) is 16.3. The van der Waals surface area contributed by atoms with Crippen LogP contribution < -0.4 is 4.74 Å². The molecule has 19 heavy (non-hydrogen) atoms. The van der Waals surface area contributed by atoms with Gasteiger partial charge in [0.15, 0.2) is 0 Å². The molecule has 2 nitrogen and oxygen atoms in total. The normalized spacial score (nSPS) is 10.8. The Kier molecular flexibility index (Phi) is 2.71. The molecule has 0 N–H and O–H groups in total. The Morgan fingerprint density at radius 2 is 1.74 bits per heavy atom. The summed E-state index contributed by atoms with van der Waals surface area (Å²) in [5.74, 6) is 0.341. The highest BCUT2D eigenvalue weighted by atomic mass is 16.5. The van der Waals surface area contributed by atoms with Gasteiger partial charge in [-0.25, -0.2) is 0 Å². The lowest BCUT2D eigenvalue weighted by Crippen LogP contribution is -2.02. The van der Waals surface area contributed by atoms with Crippen LogP contribution >= 0.6 is 0 Å². The van der Waals surface area contributed by atoms with Crippen molar-refractivity contribution in [3.63, 3.8) is 0 Å². The Hall–Kier alpha value is -2.35. The summed E-state index contributed by atoms with van der Waals surface area (Å²) in [6.07, 6.45) is 0. The van der Waals surface area contributed by atoms with Crippen LogP contribution in [0.5, 0.6) is 5.75 Å². The second-order valence-corrected chi connectivity index (χ2v) is 4.74. The molecule has 0 saturated heterocycles. The summed E-state index contributed by atoms with van der Waals surface area (Å²) in [5.41, 5.74) is 1.08. The average molecular weight is 250 g/mol. The van der Waals surface area contributed by atoms with Gasteiger partial charge < -0.3 is 4.74 Å². The number of esters is 1. The molecule has 0 aromatic heterocycles. The fraction of sp³-hybridized carbons (Fsp3) is 0.118. The lowest BCUT2D eigenvalue weighted by molar-refractivity contribution is -0.131. The van der Waals surface area contributed by atoms with E-state index in [1.165, 1.54) is 17.7 Å². The van der Waals surface area contributed by atoms with Crippen LogP contribution in [0.1, 0.15) is 12.5 Å². The largest absolute Gasteiger partial charge is 0.426 e. The van der Waals surface area contributed by atoms with Crippen molar-refractivity contribution < 1.29 is 9.53 Å². The van der Waals surface area contributed by atoms with Crippen LogP contribution in [0.4, 0.5) is 0 Å². The second-order valence-electron chi connectivity index (χ2n) is 4.74. The first-order valence-electron chi connectivity index (χ1n) is 6.26. The van der Waals surface area contributed by atoms with E-state index in [-0.39, 0.29) is 5.97 Å². The number of carbonyl (C=O) groups excluding carboxylic acids is 1. The highest BCUT2D eigenvalue weighted by Gasteiger charge is 2.08. The van der Waals surface area contributed by atoms with Gasteiger partial charge in [-0.15, -0.1) is 0 Å². The molecule has 0 saturated carbocycles. The molecule has 0 aliphatic heterocycles. The van der Waals surface area contributed by atoms with E-state index in [0.717, 1.165) is 16.3 Å². The Balaban J connectivity index is 2.40. The molecule has 2 heteroatoms. The van der Waals surface area contributed by atoms with Crippen molar-refractivity contribution in [1.82, 2.24) is 0 Å². The molecule has 0 fully saturated rings. The smallest absolute Gasteiger partial charge is 0.308 e. The van der Waals surface area contributed by atoms with E-state index in [4.69, 9.17) is 4.74 Å². The minimum absolute atomic E-state index is 0.292. The van der Waals surface area contributed by atoms with Crippen molar-refractivity contribution in [3.8, 4) is 5.75 Å². The summed E-state index contributed by atoms with van der Waals surface area (Å²) >= 11 is 0. The first-order valence-corrected chi connectivity index (χ1v) is 6.26. The minimum Gasteiger partial charge on any atom is -0.426 e. The summed E-state index contributed by atoms with van der Waals surface area (Å²) in [5, 5.41) is 4.46. The number of hydrogen-bond acceptors (Lipinski definition) is 2. The predicted molar refractivity (Wildman–Crippen MR) is 77.5 cm³/mol. The van der Waals surface area contributed by atoms with Crippen molar-refractivity contribution in [2.75, 3.05) is 0 Å². The molecule has 0 aliphatic carbocycles. The molecule has 0 heterocycles. The lowest BCUT2D eigenvalue weighted by Gasteiger charge is -2.10. The Morgan fingerprint density at radius 3 is 2.53 bits per heavy atom. The number of aryl methyl sites for hydroxylation is 1. The standard InChI is InChI=1S/C17H14O2/c1-11-9-16-14-6-4-3-5-13(14)7-8-15(16)17(10-11)19-12(2)18/h3-10H,1-2H3. The van der Waals surface area contributed by atoms with Gasteiger partial charge in [-0.1, -0.05) is 36.4 Å². The van der Waals surface area contributed by atoms with Crippen LogP contribution in [0.15, 0.2) is 48.5 Å². The highest BCUT2D eigenvalue weighted by Crippen LogP contribution is 2.33. The molecular weight excluding hydrogens is 236 g/mol. The Morgan fingerprint density at radius 1 is 0.947 bits per heavy atom. The van der Waals surface area contributed by atoms with E-state index in [2.05, 4.69) is 24.3 Å². The van der Waals surface area contributed by atoms with E-state index in [1.807, 2.05) is 31.2 Å². The zero-order chi connectivity index (χ0) is 13.4. The minimum atomic E-state index is -0.292. The van der Waals surface area contributed by atoms with E-state index < -0.39 is 0 Å². The molecule has 3 aromatic carbocycles. The van der Waals surface area contributed by atoms with Crippen LogP contribution in [0, 0.1) is 6.92 Å². The molecular formula is C17H14O2. The summed E-state index contributed by atoms with van der Waals surface area (Å²) in [7, 11) is 0. The number of hydrogen-bond donors (Lipinski definition) is 0. The van der Waals surface area contributed by atoms with Crippen molar-refractivity contribution in [1.29, 1.82) is 0 Å². The number of rotatable bonds is 1. The van der Waals surface area contributed by atoms with Crippen LogP contribution in [-0.2, 0) is 4.79 Å². The maximum atomic E-state index is 11.2. The molecule has 0 radical (unpaired) electrons. The van der Waals surface area contributed by atoms with Crippen molar-refractivity contribution in [2.24, 2.45) is 0 Å². The zero-order valence-corrected chi connectivity index (χ0v) is 10.9. The molecule has 3 aromatic rings. The third kappa shape index (κ3) is 2.06. The van der Waals surface area contributed by atoms with Crippen LogP contribution in [0.2, 0.25) is 0 Å². The topological polar surface area (TPSA) is 26.3 Å². The first kappa shape index (κ1) is 11.7. The number of ether oxygens (including phenoxy) is 1. The third-order valence-corrected chi connectivity index (χ3v) is 3.22. The van der Waals surface area contributed by atoms with Gasteiger partial charge in [0.2, 0.25) is 0 Å². The number of benzene rings is 3. The monoisotopic (exact) mass is 250 g/mol. The quantitative estimate of drug-likeness (QED) is 0.367. The van der Waals surface area contributed by atoms with E-state index in [1.54, 1.807) is 0 Å². The number of fused-ring (bicyclic) bond motifs is 3. The van der Waals surface area contributed by atoms with E-state index in [0.29, 0.717) is 5.75 Å². The van der Waals surface area contributed by atoms with Gasteiger partial charge in [0.1, 0.15) is 5.75 Å². The maximum Gasteiger partial charge on any atom is 0.308 e. The molecule has 3 rings (SSSR count).